The van der Waals surface area contributed by atoms with Crippen molar-refractivity contribution in [3.05, 3.63) is 55.7 Å². The van der Waals surface area contributed by atoms with Crippen LogP contribution in [-0.2, 0) is 0 Å². The molecule has 0 saturated carbocycles. The number of benzene rings is 1. The predicted octanol–water partition coefficient (Wildman–Crippen LogP) is 5.46. The maximum atomic E-state index is 6.50. The highest BCUT2D eigenvalue weighted by Gasteiger charge is 2.14. The summed E-state index contributed by atoms with van der Waals surface area (Å²) < 4.78 is 1.10. The molecule has 0 fully saturated rings. The van der Waals surface area contributed by atoms with Gasteiger partial charge < -0.3 is 0 Å². The molecule has 0 amide bonds. The Morgan fingerprint density at radius 2 is 1.94 bits per heavy atom. The lowest BCUT2D eigenvalue weighted by molar-refractivity contribution is 1.14. The van der Waals surface area contributed by atoms with Crippen LogP contribution in [0.15, 0.2) is 34.8 Å². The summed E-state index contributed by atoms with van der Waals surface area (Å²) in [7, 11) is 0. The van der Waals surface area contributed by atoms with Gasteiger partial charge in [0.1, 0.15) is 0 Å². The molecule has 0 aliphatic carbocycles. The van der Waals surface area contributed by atoms with Gasteiger partial charge in [0.05, 0.1) is 5.38 Å². The minimum atomic E-state index is -0.0354. The molecule has 1 heterocycles. The van der Waals surface area contributed by atoms with Gasteiger partial charge >= 0.3 is 0 Å². The predicted molar refractivity (Wildman–Crippen MR) is 75.6 cm³/mol. The highest BCUT2D eigenvalue weighted by Crippen LogP contribution is 2.35. The second kappa shape index (κ2) is 4.91. The number of hydrogen-bond donors (Lipinski definition) is 0. The van der Waals surface area contributed by atoms with Crippen LogP contribution in [0.5, 0.6) is 0 Å². The monoisotopic (exact) mass is 314 g/mol. The van der Waals surface area contributed by atoms with Gasteiger partial charge in [-0.25, -0.2) is 0 Å². The molecular weight excluding hydrogens is 304 g/mol. The molecule has 2 aromatic rings. The lowest BCUT2D eigenvalue weighted by Crippen LogP contribution is -1.93. The highest BCUT2D eigenvalue weighted by atomic mass is 79.9. The molecule has 16 heavy (non-hydrogen) atoms. The average Bonchev–Trinajstić information content (AvgIpc) is 2.64. The van der Waals surface area contributed by atoms with Crippen LogP contribution in [0.2, 0.25) is 0 Å². The van der Waals surface area contributed by atoms with Crippen molar-refractivity contribution in [3.63, 3.8) is 0 Å². The van der Waals surface area contributed by atoms with E-state index < -0.39 is 0 Å². The van der Waals surface area contributed by atoms with Crippen molar-refractivity contribution in [2.45, 2.75) is 19.2 Å². The Morgan fingerprint density at radius 3 is 2.50 bits per heavy atom. The zero-order valence-corrected chi connectivity index (χ0v) is 12.3. The lowest BCUT2D eigenvalue weighted by atomic mass is 10.0. The zero-order chi connectivity index (χ0) is 11.7. The molecule has 84 valence electrons. The van der Waals surface area contributed by atoms with Gasteiger partial charge in [-0.05, 0) is 49.2 Å². The van der Waals surface area contributed by atoms with Crippen LogP contribution >= 0.6 is 38.9 Å². The second-order valence-electron chi connectivity index (χ2n) is 3.81. The van der Waals surface area contributed by atoms with E-state index in [2.05, 4.69) is 54.0 Å². The van der Waals surface area contributed by atoms with E-state index >= 15 is 0 Å². The number of thiophene rings is 1. The van der Waals surface area contributed by atoms with Crippen LogP contribution < -0.4 is 0 Å². The van der Waals surface area contributed by atoms with Crippen molar-refractivity contribution in [3.8, 4) is 0 Å². The first-order chi connectivity index (χ1) is 7.58. The Kier molecular flexibility index (Phi) is 3.73. The van der Waals surface area contributed by atoms with Gasteiger partial charge in [-0.2, -0.15) is 0 Å². The minimum Gasteiger partial charge on any atom is -0.144 e. The molecule has 0 bridgehead atoms. The molecule has 0 nitrogen and oxygen atoms in total. The summed E-state index contributed by atoms with van der Waals surface area (Å²) in [6, 6.07) is 10.5. The van der Waals surface area contributed by atoms with Gasteiger partial charge in [-0.15, -0.1) is 22.9 Å². The van der Waals surface area contributed by atoms with E-state index in [9.17, 15) is 0 Å². The van der Waals surface area contributed by atoms with E-state index in [1.807, 2.05) is 6.07 Å². The Labute approximate surface area is 113 Å². The quantitative estimate of drug-likeness (QED) is 0.646. The van der Waals surface area contributed by atoms with Crippen molar-refractivity contribution in [1.29, 1.82) is 0 Å². The first-order valence-corrected chi connectivity index (χ1v) is 7.09. The number of aryl methyl sites for hydroxylation is 2. The van der Waals surface area contributed by atoms with Gasteiger partial charge in [0, 0.05) is 14.2 Å². The summed E-state index contributed by atoms with van der Waals surface area (Å²) in [6.07, 6.45) is 0. The number of rotatable bonds is 2. The molecule has 1 unspecified atom stereocenters. The van der Waals surface area contributed by atoms with Gasteiger partial charge in [-0.3, -0.25) is 0 Å². The van der Waals surface area contributed by atoms with E-state index in [1.54, 1.807) is 11.3 Å². The summed E-state index contributed by atoms with van der Waals surface area (Å²) in [5, 5.41) is -0.0354. The Morgan fingerprint density at radius 1 is 1.19 bits per heavy atom. The van der Waals surface area contributed by atoms with Crippen LogP contribution in [0.3, 0.4) is 0 Å². The van der Waals surface area contributed by atoms with Crippen LogP contribution in [0, 0.1) is 13.8 Å². The van der Waals surface area contributed by atoms with Gasteiger partial charge in [0.15, 0.2) is 0 Å². The van der Waals surface area contributed by atoms with Crippen molar-refractivity contribution in [1.82, 2.24) is 0 Å². The van der Waals surface area contributed by atoms with Crippen LogP contribution in [0.25, 0.3) is 0 Å². The third kappa shape index (κ3) is 2.50. The van der Waals surface area contributed by atoms with Crippen LogP contribution in [0.4, 0.5) is 0 Å². The standard InChI is InChI=1S/C13H12BrClS/c1-8-7-10(14)4-5-11(8)13(15)12-6-3-9(2)16-12/h3-7,13H,1-2H3. The van der Waals surface area contributed by atoms with Crippen molar-refractivity contribution in [2.75, 3.05) is 0 Å². The third-order valence-corrected chi connectivity index (χ3v) is 4.67. The minimum absolute atomic E-state index is 0.0354. The molecule has 1 aromatic carbocycles. The molecule has 0 saturated heterocycles. The maximum Gasteiger partial charge on any atom is 0.0930 e. The van der Waals surface area contributed by atoms with E-state index in [1.165, 1.54) is 20.9 Å². The molecule has 0 N–H and O–H groups in total. The molecule has 0 spiro atoms. The van der Waals surface area contributed by atoms with Gasteiger partial charge in [0.25, 0.3) is 0 Å². The topological polar surface area (TPSA) is 0 Å². The molecule has 0 aliphatic rings. The Balaban J connectivity index is 2.37. The molecular formula is C13H12BrClS. The van der Waals surface area contributed by atoms with Crippen LogP contribution in [-0.4, -0.2) is 0 Å². The maximum absolute atomic E-state index is 6.50. The Bertz CT molecular complexity index is 504. The fourth-order valence-electron chi connectivity index (χ4n) is 1.67. The first kappa shape index (κ1) is 12.2. The van der Waals surface area contributed by atoms with E-state index in [-0.39, 0.29) is 5.38 Å². The number of alkyl halides is 1. The van der Waals surface area contributed by atoms with E-state index in [4.69, 9.17) is 11.6 Å². The number of hydrogen-bond acceptors (Lipinski definition) is 1. The largest absolute Gasteiger partial charge is 0.144 e. The molecule has 1 aromatic heterocycles. The summed E-state index contributed by atoms with van der Waals surface area (Å²) >= 11 is 11.7. The molecule has 3 heteroatoms. The normalized spacial score (nSPS) is 12.8. The van der Waals surface area contributed by atoms with E-state index in [0.717, 1.165) is 4.47 Å². The molecule has 1 atom stereocenters. The van der Waals surface area contributed by atoms with E-state index in [0.29, 0.717) is 0 Å². The fraction of sp³-hybridized carbons (Fsp3) is 0.231. The highest BCUT2D eigenvalue weighted by molar-refractivity contribution is 9.10. The Hall–Kier alpha value is -0.310. The third-order valence-electron chi connectivity index (χ3n) is 2.52. The summed E-state index contributed by atoms with van der Waals surface area (Å²) in [4.78, 5) is 2.51. The second-order valence-corrected chi connectivity index (χ2v) is 6.48. The first-order valence-electron chi connectivity index (χ1n) is 5.04. The molecule has 2 rings (SSSR count). The zero-order valence-electron chi connectivity index (χ0n) is 9.13. The summed E-state index contributed by atoms with van der Waals surface area (Å²) in [5.41, 5.74) is 2.41. The average molecular weight is 316 g/mol. The smallest absolute Gasteiger partial charge is 0.0930 e. The van der Waals surface area contributed by atoms with Crippen molar-refractivity contribution < 1.29 is 0 Å². The van der Waals surface area contributed by atoms with Crippen molar-refractivity contribution in [2.24, 2.45) is 0 Å². The van der Waals surface area contributed by atoms with Crippen molar-refractivity contribution >= 4 is 38.9 Å². The van der Waals surface area contributed by atoms with Crippen LogP contribution in [0.1, 0.15) is 26.3 Å². The number of halogens is 2. The summed E-state index contributed by atoms with van der Waals surface area (Å²) in [5.74, 6) is 0. The van der Waals surface area contributed by atoms with Gasteiger partial charge in [0.2, 0.25) is 0 Å². The van der Waals surface area contributed by atoms with Gasteiger partial charge in [-0.1, -0.05) is 22.0 Å². The lowest BCUT2D eigenvalue weighted by Gasteiger charge is -2.11. The fourth-order valence-corrected chi connectivity index (χ4v) is 3.47. The molecule has 0 radical (unpaired) electrons. The molecule has 0 aliphatic heterocycles. The summed E-state index contributed by atoms with van der Waals surface area (Å²) in [6.45, 7) is 4.20. The SMILES string of the molecule is Cc1ccc(C(Cl)c2ccc(Br)cc2C)s1.